The Hall–Kier alpha value is -5.47. The zero-order valence-corrected chi connectivity index (χ0v) is 39.7. The number of sulfonamides is 1. The summed E-state index contributed by atoms with van der Waals surface area (Å²) in [6.07, 6.45) is -0.725. The number of carbonyl (C=O) groups excluding carboxylic acids is 2. The van der Waals surface area contributed by atoms with Crippen LogP contribution in [0.5, 0.6) is 5.75 Å². The average Bonchev–Trinajstić information content (AvgIpc) is 3.57. The fraction of sp³-hybridized carbons (Fsp3) is 0.300. The highest BCUT2D eigenvalue weighted by atomic mass is 32.2. The summed E-state index contributed by atoms with van der Waals surface area (Å²) in [4.78, 5) is 32.2. The molecule has 5 aromatic carbocycles. The largest absolute Gasteiger partial charge is 0.533 e. The molecule has 1 atom stereocenters. The van der Waals surface area contributed by atoms with Crippen LogP contribution < -0.4 is 20.1 Å². The second-order valence-corrected chi connectivity index (χ2v) is 25.3. The number of benzene rings is 5. The maximum absolute atomic E-state index is 13.7. The number of nitrogens with one attached hydrogen (secondary N) is 1. The molecule has 0 aliphatic heterocycles. The van der Waals surface area contributed by atoms with Gasteiger partial charge in [-0.2, -0.15) is 11.8 Å². The van der Waals surface area contributed by atoms with Crippen molar-refractivity contribution >= 4 is 63.4 Å². The summed E-state index contributed by atoms with van der Waals surface area (Å²) < 4.78 is 47.7. The van der Waals surface area contributed by atoms with Crippen molar-refractivity contribution in [2.24, 2.45) is 0 Å². The van der Waals surface area contributed by atoms with Crippen LogP contribution in [0.2, 0.25) is 5.04 Å². The van der Waals surface area contributed by atoms with Crippen LogP contribution in [0.25, 0.3) is 22.0 Å². The van der Waals surface area contributed by atoms with E-state index in [9.17, 15) is 18.0 Å². The number of nitrogens with zero attached hydrogens (tertiary/aromatic N) is 2. The minimum Gasteiger partial charge on any atom is -0.533 e. The third-order valence-corrected chi connectivity index (χ3v) is 19.0. The van der Waals surface area contributed by atoms with E-state index in [-0.39, 0.29) is 28.2 Å². The number of hydrogen-bond acceptors (Lipinski definition) is 9. The Bertz CT molecular complexity index is 2630. The van der Waals surface area contributed by atoms with Gasteiger partial charge in [0.25, 0.3) is 0 Å². The summed E-state index contributed by atoms with van der Waals surface area (Å²) in [5.41, 5.74) is 4.64. The Kier molecular flexibility index (Phi) is 13.2. The van der Waals surface area contributed by atoms with Crippen LogP contribution in [0, 0.1) is 0 Å². The second kappa shape index (κ2) is 18.3. The van der Waals surface area contributed by atoms with Crippen LogP contribution in [0.4, 0.5) is 4.79 Å². The van der Waals surface area contributed by atoms with Gasteiger partial charge in [0.05, 0.1) is 10.6 Å². The van der Waals surface area contributed by atoms with Gasteiger partial charge < -0.3 is 19.2 Å². The molecule has 7 rings (SSSR count). The zero-order chi connectivity index (χ0) is 45.2. The van der Waals surface area contributed by atoms with E-state index in [1.807, 2.05) is 60.7 Å². The molecular weight excluding hydrogens is 847 g/mol. The molecule has 1 N–H and O–H groups in total. The van der Waals surface area contributed by atoms with E-state index in [1.165, 1.54) is 30.2 Å². The number of thioether (sulfide) groups is 1. The van der Waals surface area contributed by atoms with E-state index < -0.39 is 42.0 Å². The van der Waals surface area contributed by atoms with E-state index >= 15 is 0 Å². The number of esters is 1. The lowest BCUT2D eigenvalue weighted by Crippen LogP contribution is -2.68. The maximum atomic E-state index is 13.7. The molecule has 0 saturated heterocycles. The molecule has 1 amide bonds. The molecule has 0 saturated carbocycles. The van der Waals surface area contributed by atoms with Crippen LogP contribution in [-0.2, 0) is 30.0 Å². The maximum Gasteiger partial charge on any atom is 0.407 e. The number of ether oxygens (including phenoxy) is 2. The van der Waals surface area contributed by atoms with Crippen molar-refractivity contribution in [1.82, 2.24) is 14.6 Å². The molecule has 0 radical (unpaired) electrons. The van der Waals surface area contributed by atoms with Crippen molar-refractivity contribution < 1.29 is 31.9 Å². The number of alkyl carbamates (subject to hydrolysis) is 1. The molecule has 328 valence electrons. The molecule has 0 spiro atoms. The Morgan fingerprint density at radius 2 is 1.32 bits per heavy atom. The van der Waals surface area contributed by atoms with Crippen LogP contribution in [-0.4, -0.2) is 76.2 Å². The molecule has 1 aliphatic carbocycles. The molecule has 1 heterocycles. The molecule has 10 nitrogen and oxygen atoms in total. The van der Waals surface area contributed by atoms with Gasteiger partial charge in [-0.15, -0.1) is 0 Å². The minimum absolute atomic E-state index is 0.0961. The van der Waals surface area contributed by atoms with Crippen molar-refractivity contribution in [3.05, 3.63) is 150 Å². The summed E-state index contributed by atoms with van der Waals surface area (Å²) in [6, 6.07) is 42.5. The predicted octanol–water partition coefficient (Wildman–Crippen LogP) is 8.91. The third-order valence-electron chi connectivity index (χ3n) is 11.1. The first-order valence-electron chi connectivity index (χ1n) is 21.0. The molecule has 0 fully saturated rings. The van der Waals surface area contributed by atoms with E-state index in [4.69, 9.17) is 18.9 Å². The summed E-state index contributed by atoms with van der Waals surface area (Å²) in [5.74, 6) is 0.210. The molecule has 1 aromatic heterocycles. The first-order valence-corrected chi connectivity index (χ1v) is 25.5. The van der Waals surface area contributed by atoms with E-state index in [0.717, 1.165) is 32.6 Å². The minimum atomic E-state index is -3.87. The fourth-order valence-electron chi connectivity index (χ4n) is 8.21. The lowest BCUT2D eigenvalue weighted by molar-refractivity contribution is -0.156. The van der Waals surface area contributed by atoms with Crippen LogP contribution in [0.3, 0.4) is 0 Å². The van der Waals surface area contributed by atoms with Gasteiger partial charge in [-0.25, -0.2) is 27.3 Å². The van der Waals surface area contributed by atoms with Gasteiger partial charge in [0, 0.05) is 36.9 Å². The normalized spacial score (nSPS) is 13.6. The Morgan fingerprint density at radius 1 is 0.762 bits per heavy atom. The third kappa shape index (κ3) is 9.57. The number of hydrogen-bond donors (Lipinski definition) is 1. The predicted molar refractivity (Wildman–Crippen MR) is 255 cm³/mol. The second-order valence-electron chi connectivity index (χ2n) is 17.9. The molecule has 1 aliphatic rings. The summed E-state index contributed by atoms with van der Waals surface area (Å²) in [6.45, 7) is 12.0. The van der Waals surface area contributed by atoms with Crippen LogP contribution >= 0.6 is 11.8 Å². The van der Waals surface area contributed by atoms with Gasteiger partial charge >= 0.3 is 20.4 Å². The van der Waals surface area contributed by atoms with Crippen molar-refractivity contribution in [2.75, 3.05) is 26.5 Å². The Morgan fingerprint density at radius 3 is 1.86 bits per heavy atom. The lowest BCUT2D eigenvalue weighted by atomic mass is 9.98. The molecular formula is C50H55N3O7S2Si. The number of fused-ring (bicyclic) bond motifs is 4. The van der Waals surface area contributed by atoms with E-state index in [2.05, 4.69) is 74.6 Å². The quantitative estimate of drug-likeness (QED) is 0.0844. The van der Waals surface area contributed by atoms with Crippen LogP contribution in [0.15, 0.2) is 138 Å². The summed E-state index contributed by atoms with van der Waals surface area (Å²) in [7, 11) is -4.02. The highest BCUT2D eigenvalue weighted by Crippen LogP contribution is 2.45. The smallest absolute Gasteiger partial charge is 0.407 e. The standard InChI is InChI=1S/C50H55N3O7S2Si/c1-49(2,3)59-47(54)43(52-48(55)58-31-42-39-25-17-15-23-37(39)38-24-16-18-26-40(38)42)33-61-32-34-27-28-41-45(62(56,57)53(7)8)30-29-44(46(41)51-34)60-63(50(4,5)6,35-19-11-9-12-20-35)36-21-13-10-14-22-36/h9-30,42-43H,31-33H2,1-8H3,(H,52,55)/t43-/m0/s1. The van der Waals surface area contributed by atoms with Gasteiger partial charge in [-0.3, -0.25) is 0 Å². The first-order chi connectivity index (χ1) is 29.9. The molecule has 6 aromatic rings. The van der Waals surface area contributed by atoms with Gasteiger partial charge in [0.2, 0.25) is 10.0 Å². The number of aromatic nitrogens is 1. The van der Waals surface area contributed by atoms with Gasteiger partial charge in [-0.05, 0) is 82.7 Å². The first kappa shape index (κ1) is 45.5. The molecule has 0 unspecified atom stereocenters. The average molecular weight is 902 g/mol. The van der Waals surface area contributed by atoms with E-state index in [1.54, 1.807) is 45.0 Å². The Labute approximate surface area is 376 Å². The summed E-state index contributed by atoms with van der Waals surface area (Å²) in [5, 5.41) is 4.95. The van der Waals surface area contributed by atoms with Gasteiger partial charge in [0.15, 0.2) is 0 Å². The van der Waals surface area contributed by atoms with E-state index in [0.29, 0.717) is 28.1 Å². The topological polar surface area (TPSA) is 124 Å². The molecule has 63 heavy (non-hydrogen) atoms. The van der Waals surface area contributed by atoms with Crippen molar-refractivity contribution in [3.8, 4) is 16.9 Å². The zero-order valence-electron chi connectivity index (χ0n) is 37.0. The van der Waals surface area contributed by atoms with Crippen molar-refractivity contribution in [1.29, 1.82) is 0 Å². The number of amides is 1. The van der Waals surface area contributed by atoms with Crippen molar-refractivity contribution in [2.45, 2.75) is 74.8 Å². The number of pyridine rings is 1. The van der Waals surface area contributed by atoms with Gasteiger partial charge in [-0.1, -0.05) is 130 Å². The van der Waals surface area contributed by atoms with Crippen molar-refractivity contribution in [3.63, 3.8) is 0 Å². The Balaban J connectivity index is 1.17. The van der Waals surface area contributed by atoms with Crippen LogP contribution in [0.1, 0.15) is 64.3 Å². The lowest BCUT2D eigenvalue weighted by Gasteiger charge is -2.43. The fourth-order valence-corrected chi connectivity index (χ4v) is 14.7. The number of rotatable bonds is 14. The molecule has 13 heteroatoms. The SMILES string of the molecule is CN(C)S(=O)(=O)c1ccc(O[Si](c2ccccc2)(c2ccccc2)C(C)(C)C)c2nc(CSC[C@H](NC(=O)OCC3c4ccccc4-c4ccccc43)C(=O)OC(C)(C)C)ccc12. The highest BCUT2D eigenvalue weighted by molar-refractivity contribution is 7.98. The highest BCUT2D eigenvalue weighted by Gasteiger charge is 2.52. The molecule has 0 bridgehead atoms. The number of carbonyl (C=O) groups is 2. The monoisotopic (exact) mass is 901 g/mol. The summed E-state index contributed by atoms with van der Waals surface area (Å²) >= 11 is 1.38. The van der Waals surface area contributed by atoms with Gasteiger partial charge in [0.1, 0.15) is 29.5 Å².